The Morgan fingerprint density at radius 3 is 2.50 bits per heavy atom. The predicted octanol–water partition coefficient (Wildman–Crippen LogP) is 1.08. The Morgan fingerprint density at radius 1 is 1.23 bits per heavy atom. The molecule has 1 fully saturated rings. The fourth-order valence-electron chi connectivity index (χ4n) is 3.64. The highest BCUT2D eigenvalue weighted by Crippen LogP contribution is 2.39. The van der Waals surface area contributed by atoms with Crippen LogP contribution in [-0.2, 0) is 16.0 Å². The molecule has 0 spiro atoms. The summed E-state index contributed by atoms with van der Waals surface area (Å²) in [6, 6.07) is 3.17. The van der Waals surface area contributed by atoms with Gasteiger partial charge in [-0.3, -0.25) is 9.59 Å². The molecule has 0 bridgehead atoms. The van der Waals surface area contributed by atoms with Crippen molar-refractivity contribution >= 4 is 24.4 Å². The number of carboxylic acid groups (broad SMARTS) is 1. The van der Waals surface area contributed by atoms with E-state index >= 15 is 0 Å². The van der Waals surface area contributed by atoms with E-state index < -0.39 is 24.7 Å². The van der Waals surface area contributed by atoms with Gasteiger partial charge in [-0.2, -0.15) is 0 Å². The molecule has 0 aromatic heterocycles. The molecule has 0 unspecified atom stereocenters. The second-order valence-electron chi connectivity index (χ2n) is 8.46. The average molecular weight is 420 g/mol. The molecule has 0 radical (unpaired) electrons. The van der Waals surface area contributed by atoms with Crippen LogP contribution in [-0.4, -0.2) is 63.7 Å². The van der Waals surface area contributed by atoms with Crippen molar-refractivity contribution < 1.29 is 38.9 Å². The molecule has 1 amide bonds. The van der Waals surface area contributed by atoms with Gasteiger partial charge in [0.05, 0.1) is 18.8 Å². The largest absolute Gasteiger partial charge is 0.669 e. The number of nitrogens with zero attached hydrogens (tertiary/aromatic N) is 1. The van der Waals surface area contributed by atoms with Gasteiger partial charge in [-0.25, -0.2) is 4.79 Å². The van der Waals surface area contributed by atoms with Crippen molar-refractivity contribution in [3.8, 4) is 11.5 Å². The lowest BCUT2D eigenvalue weighted by Gasteiger charge is -2.41. The van der Waals surface area contributed by atoms with E-state index in [1.54, 1.807) is 31.7 Å². The van der Waals surface area contributed by atoms with Crippen LogP contribution in [0.25, 0.3) is 0 Å². The second-order valence-corrected chi connectivity index (χ2v) is 8.46. The van der Waals surface area contributed by atoms with Crippen molar-refractivity contribution in [2.75, 3.05) is 13.1 Å². The van der Waals surface area contributed by atoms with Gasteiger partial charge >= 0.3 is 12.7 Å². The third kappa shape index (κ3) is 4.60. The molecular weight excluding hydrogens is 393 g/mol. The number of ketones is 1. The molecule has 3 N–H and O–H groups in total. The lowest BCUT2D eigenvalue weighted by atomic mass is 9.70. The van der Waals surface area contributed by atoms with E-state index in [1.165, 1.54) is 6.07 Å². The number of ether oxygens (including phenoxy) is 1. The lowest BCUT2D eigenvalue weighted by molar-refractivity contribution is -0.145. The molecule has 0 aliphatic carbocycles. The Labute approximate surface area is 174 Å². The van der Waals surface area contributed by atoms with Gasteiger partial charge in [0.1, 0.15) is 23.2 Å². The molecule has 1 atom stereocenters. The monoisotopic (exact) mass is 420 g/mol. The lowest BCUT2D eigenvalue weighted by Crippen LogP contribution is -2.57. The highest BCUT2D eigenvalue weighted by molar-refractivity contribution is 6.59. The molecule has 164 valence electrons. The summed E-state index contributed by atoms with van der Waals surface area (Å²) >= 11 is 0. The highest BCUT2D eigenvalue weighted by atomic mass is 16.6. The van der Waals surface area contributed by atoms with Crippen molar-refractivity contribution in [3.63, 3.8) is 0 Å². The van der Waals surface area contributed by atoms with Gasteiger partial charge in [0.25, 0.3) is 0 Å². The van der Waals surface area contributed by atoms with Gasteiger partial charge in [0, 0.05) is 18.3 Å². The van der Waals surface area contributed by atoms with E-state index in [1.807, 2.05) is 0 Å². The molecule has 30 heavy (non-hydrogen) atoms. The van der Waals surface area contributed by atoms with Crippen LogP contribution in [0.2, 0.25) is 6.32 Å². The van der Waals surface area contributed by atoms with Crippen LogP contribution >= 0.6 is 0 Å². The first-order valence-electron chi connectivity index (χ1n) is 10.1. The van der Waals surface area contributed by atoms with Crippen LogP contribution in [0.15, 0.2) is 12.1 Å². The molecule has 10 heteroatoms. The summed E-state index contributed by atoms with van der Waals surface area (Å²) in [5.74, 6) is -1.98. The second kappa shape index (κ2) is 8.27. The van der Waals surface area contributed by atoms with Gasteiger partial charge in [0.15, 0.2) is 0 Å². The Kier molecular flexibility index (Phi) is 6.10. The summed E-state index contributed by atoms with van der Waals surface area (Å²) in [4.78, 5) is 37.7. The maximum Gasteiger partial charge on any atom is 0.430 e. The number of carbonyl (C=O) groups is 3. The van der Waals surface area contributed by atoms with Crippen molar-refractivity contribution in [2.45, 2.75) is 46.0 Å². The SMILES string of the molecule is CC(C)C(=O)C[C@@H](C)C(=O)N1CC(Oc2ccc3c(c2C(=O)O)O[B-](O)(O)CC3)C1. The molecule has 2 aliphatic rings. The Balaban J connectivity index is 1.66. The minimum absolute atomic E-state index is 0.0105. The average Bonchev–Trinajstić information content (AvgIpc) is 2.61. The van der Waals surface area contributed by atoms with E-state index in [-0.39, 0.29) is 66.9 Å². The summed E-state index contributed by atoms with van der Waals surface area (Å²) < 4.78 is 10.9. The molecule has 1 saturated heterocycles. The smallest absolute Gasteiger partial charge is 0.430 e. The minimum atomic E-state index is -3.11. The number of aryl methyl sites for hydroxylation is 1. The zero-order valence-corrected chi connectivity index (χ0v) is 17.3. The van der Waals surface area contributed by atoms with E-state index in [0.717, 1.165) is 0 Å². The van der Waals surface area contributed by atoms with E-state index in [9.17, 15) is 29.5 Å². The summed E-state index contributed by atoms with van der Waals surface area (Å²) in [6.07, 6.45) is 0.0565. The molecule has 1 aromatic rings. The zero-order valence-electron chi connectivity index (χ0n) is 17.3. The highest BCUT2D eigenvalue weighted by Gasteiger charge is 2.37. The van der Waals surface area contributed by atoms with Crippen LogP contribution in [0.5, 0.6) is 11.5 Å². The molecule has 2 heterocycles. The number of Topliss-reactive ketones (excluding diaryl/α,β-unsaturated/α-hetero) is 1. The van der Waals surface area contributed by atoms with Gasteiger partial charge in [-0.05, 0) is 18.1 Å². The van der Waals surface area contributed by atoms with Crippen LogP contribution in [0.3, 0.4) is 0 Å². The summed E-state index contributed by atoms with van der Waals surface area (Å²) in [6.45, 7) is 2.77. The molecule has 9 nitrogen and oxygen atoms in total. The molecular formula is C20H27BNO8-. The fraction of sp³-hybridized carbons (Fsp3) is 0.550. The standard InChI is InChI=1S/C20H27BNO8/c1-11(2)15(23)8-12(3)19(24)22-9-14(10-22)29-16-5-4-13-6-7-21(27,28)30-18(13)17(16)20(25)26/h4-5,11-12,14,27-28H,6-10H2,1-3H3,(H,25,26)/q-1/t12-/m1/s1. The topological polar surface area (TPSA) is 134 Å². The Bertz CT molecular complexity index is 863. The van der Waals surface area contributed by atoms with Gasteiger partial charge < -0.3 is 29.4 Å². The summed E-state index contributed by atoms with van der Waals surface area (Å²) in [5, 5.41) is 29.2. The number of carbonyl (C=O) groups excluding carboxylic acids is 2. The number of likely N-dealkylation sites (tertiary alicyclic amines) is 1. The third-order valence-corrected chi connectivity index (χ3v) is 5.54. The summed E-state index contributed by atoms with van der Waals surface area (Å²) in [5.41, 5.74) is 0.302. The number of amides is 1. The van der Waals surface area contributed by atoms with Gasteiger partial charge in [-0.15, -0.1) is 0 Å². The van der Waals surface area contributed by atoms with Gasteiger partial charge in [-0.1, -0.05) is 33.2 Å². The van der Waals surface area contributed by atoms with Crippen molar-refractivity contribution in [1.29, 1.82) is 0 Å². The summed E-state index contributed by atoms with van der Waals surface area (Å²) in [7, 11) is 0. The quantitative estimate of drug-likeness (QED) is 0.558. The number of hydrogen-bond acceptors (Lipinski definition) is 7. The van der Waals surface area contributed by atoms with Crippen LogP contribution in [0.4, 0.5) is 0 Å². The number of benzene rings is 1. The molecule has 1 aromatic carbocycles. The van der Waals surface area contributed by atoms with Crippen LogP contribution in [0.1, 0.15) is 43.1 Å². The third-order valence-electron chi connectivity index (χ3n) is 5.54. The van der Waals surface area contributed by atoms with Crippen LogP contribution < -0.4 is 9.39 Å². The zero-order chi connectivity index (χ0) is 22.2. The first kappa shape index (κ1) is 22.1. The normalized spacial score (nSPS) is 18.8. The Morgan fingerprint density at radius 2 is 1.90 bits per heavy atom. The fourth-order valence-corrected chi connectivity index (χ4v) is 3.64. The number of hydrogen-bond donors (Lipinski definition) is 3. The van der Waals surface area contributed by atoms with Crippen LogP contribution in [0, 0.1) is 11.8 Å². The van der Waals surface area contributed by atoms with E-state index in [4.69, 9.17) is 9.39 Å². The van der Waals surface area contributed by atoms with E-state index in [2.05, 4.69) is 0 Å². The van der Waals surface area contributed by atoms with E-state index in [0.29, 0.717) is 5.56 Å². The number of carboxylic acids is 1. The molecule has 0 saturated carbocycles. The van der Waals surface area contributed by atoms with Gasteiger partial charge in [0.2, 0.25) is 5.91 Å². The predicted molar refractivity (Wildman–Crippen MR) is 107 cm³/mol. The Hall–Kier alpha value is -2.59. The van der Waals surface area contributed by atoms with Crippen molar-refractivity contribution in [2.24, 2.45) is 11.8 Å². The first-order valence-corrected chi connectivity index (χ1v) is 10.1. The molecule has 2 aliphatic heterocycles. The number of rotatable bonds is 7. The maximum absolute atomic E-state index is 12.5. The van der Waals surface area contributed by atoms with Crippen molar-refractivity contribution in [1.82, 2.24) is 4.90 Å². The number of fused-ring (bicyclic) bond motifs is 1. The molecule has 3 rings (SSSR count). The maximum atomic E-state index is 12.5. The van der Waals surface area contributed by atoms with Crippen molar-refractivity contribution in [3.05, 3.63) is 23.3 Å². The minimum Gasteiger partial charge on any atom is -0.669 e. The number of aromatic carboxylic acids is 1. The first-order chi connectivity index (χ1) is 14.0.